The zero-order chi connectivity index (χ0) is 16.0. The summed E-state index contributed by atoms with van der Waals surface area (Å²) in [5.74, 6) is 0.566. The topological polar surface area (TPSA) is 95.7 Å². The monoisotopic (exact) mass is 321 g/mol. The van der Waals surface area contributed by atoms with Crippen molar-refractivity contribution in [1.82, 2.24) is 9.03 Å². The summed E-state index contributed by atoms with van der Waals surface area (Å²) in [6.07, 6.45) is 6.03. The van der Waals surface area contributed by atoms with Crippen LogP contribution in [0.1, 0.15) is 52.4 Å². The molecule has 7 heteroatoms. The predicted octanol–water partition coefficient (Wildman–Crippen LogP) is 0.820. The highest BCUT2D eigenvalue weighted by Gasteiger charge is 2.29. The van der Waals surface area contributed by atoms with Crippen molar-refractivity contribution in [2.75, 3.05) is 13.6 Å². The third-order valence-electron chi connectivity index (χ3n) is 4.33. The van der Waals surface area contributed by atoms with Crippen LogP contribution in [0.4, 0.5) is 0 Å². The first kappa shape index (κ1) is 18.8. The summed E-state index contributed by atoms with van der Waals surface area (Å²) in [5.41, 5.74) is 6.09. The summed E-state index contributed by atoms with van der Waals surface area (Å²) < 4.78 is 27.5. The standard InChI is InChI=1S/C14H31N3O3S/c1-11(2)17(21(19,20)16-3)10-14(18)13(15)9-12-7-5-4-6-8-12/h11-14,16,18H,4-10,15H2,1-3H3/t13-,14-/m0/s1. The minimum atomic E-state index is -3.55. The maximum atomic E-state index is 12.0. The Hall–Kier alpha value is -0.210. The molecule has 0 spiro atoms. The molecule has 21 heavy (non-hydrogen) atoms. The summed E-state index contributed by atoms with van der Waals surface area (Å²) in [5, 5.41) is 10.3. The molecule has 2 atom stereocenters. The second-order valence-electron chi connectivity index (χ2n) is 6.34. The first-order valence-electron chi connectivity index (χ1n) is 7.92. The summed E-state index contributed by atoms with van der Waals surface area (Å²) in [4.78, 5) is 0. The van der Waals surface area contributed by atoms with Crippen molar-refractivity contribution >= 4 is 10.2 Å². The minimum absolute atomic E-state index is 0.0364. The van der Waals surface area contributed by atoms with Crippen molar-refractivity contribution in [1.29, 1.82) is 0 Å². The molecule has 0 unspecified atom stereocenters. The van der Waals surface area contributed by atoms with E-state index < -0.39 is 16.3 Å². The van der Waals surface area contributed by atoms with E-state index in [0.29, 0.717) is 5.92 Å². The molecule has 0 amide bonds. The van der Waals surface area contributed by atoms with Gasteiger partial charge in [0.15, 0.2) is 0 Å². The third kappa shape index (κ3) is 5.83. The van der Waals surface area contributed by atoms with Gasteiger partial charge in [0.25, 0.3) is 10.2 Å². The Kier molecular flexibility index (Phi) is 7.56. The maximum Gasteiger partial charge on any atom is 0.279 e. The molecule has 1 saturated carbocycles. The average molecular weight is 321 g/mol. The summed E-state index contributed by atoms with van der Waals surface area (Å²) in [6.45, 7) is 3.61. The molecule has 0 aromatic carbocycles. The lowest BCUT2D eigenvalue weighted by atomic mass is 9.84. The van der Waals surface area contributed by atoms with Crippen molar-refractivity contribution in [2.24, 2.45) is 11.7 Å². The normalized spacial score (nSPS) is 20.9. The number of aliphatic hydroxyl groups is 1. The fraction of sp³-hybridized carbons (Fsp3) is 1.00. The van der Waals surface area contributed by atoms with Crippen LogP contribution >= 0.6 is 0 Å². The lowest BCUT2D eigenvalue weighted by Crippen LogP contribution is -2.51. The van der Waals surface area contributed by atoms with E-state index in [1.54, 1.807) is 13.8 Å². The van der Waals surface area contributed by atoms with Gasteiger partial charge in [0.05, 0.1) is 6.10 Å². The van der Waals surface area contributed by atoms with Crippen molar-refractivity contribution in [3.05, 3.63) is 0 Å². The van der Waals surface area contributed by atoms with Gasteiger partial charge in [0, 0.05) is 25.7 Å². The van der Waals surface area contributed by atoms with Crippen molar-refractivity contribution in [3.8, 4) is 0 Å². The van der Waals surface area contributed by atoms with Gasteiger partial charge in [-0.2, -0.15) is 12.7 Å². The van der Waals surface area contributed by atoms with E-state index in [1.165, 1.54) is 43.5 Å². The van der Waals surface area contributed by atoms with Gasteiger partial charge in [0.2, 0.25) is 0 Å². The maximum absolute atomic E-state index is 12.0. The van der Waals surface area contributed by atoms with Gasteiger partial charge in [-0.3, -0.25) is 0 Å². The number of hydrogen-bond donors (Lipinski definition) is 3. The molecule has 4 N–H and O–H groups in total. The van der Waals surface area contributed by atoms with Crippen LogP contribution in [-0.2, 0) is 10.2 Å². The van der Waals surface area contributed by atoms with Crippen molar-refractivity contribution in [2.45, 2.75) is 70.6 Å². The zero-order valence-corrected chi connectivity index (χ0v) is 14.3. The van der Waals surface area contributed by atoms with Crippen LogP contribution < -0.4 is 10.5 Å². The Bertz CT molecular complexity index is 394. The fourth-order valence-electron chi connectivity index (χ4n) is 2.99. The summed E-state index contributed by atoms with van der Waals surface area (Å²) in [7, 11) is -2.18. The Morgan fingerprint density at radius 1 is 1.29 bits per heavy atom. The Morgan fingerprint density at radius 3 is 2.33 bits per heavy atom. The lowest BCUT2D eigenvalue weighted by Gasteiger charge is -2.31. The molecule has 1 aliphatic rings. The van der Waals surface area contributed by atoms with Crippen LogP contribution in [0.2, 0.25) is 0 Å². The highest BCUT2D eigenvalue weighted by atomic mass is 32.2. The molecule has 1 aliphatic carbocycles. The van der Waals surface area contributed by atoms with E-state index in [1.807, 2.05) is 0 Å². The number of nitrogens with one attached hydrogen (secondary N) is 1. The molecule has 0 aromatic heterocycles. The van der Waals surface area contributed by atoms with Crippen LogP contribution in [-0.4, -0.2) is 49.6 Å². The van der Waals surface area contributed by atoms with Gasteiger partial charge in [-0.25, -0.2) is 4.72 Å². The molecule has 0 aromatic rings. The molecule has 126 valence electrons. The van der Waals surface area contributed by atoms with E-state index in [2.05, 4.69) is 4.72 Å². The SMILES string of the molecule is CNS(=O)(=O)N(C[C@H](O)[C@@H](N)CC1CCCCC1)C(C)C. The van der Waals surface area contributed by atoms with Gasteiger partial charge in [-0.1, -0.05) is 32.1 Å². The van der Waals surface area contributed by atoms with Crippen LogP contribution in [0.5, 0.6) is 0 Å². The van der Waals surface area contributed by atoms with Gasteiger partial charge in [-0.05, 0) is 26.2 Å². The fourth-order valence-corrected chi connectivity index (χ4v) is 4.13. The van der Waals surface area contributed by atoms with Crippen molar-refractivity contribution < 1.29 is 13.5 Å². The molecule has 1 rings (SSSR count). The molecular weight excluding hydrogens is 290 g/mol. The van der Waals surface area contributed by atoms with E-state index in [0.717, 1.165) is 6.42 Å². The summed E-state index contributed by atoms with van der Waals surface area (Å²) in [6, 6.07) is -0.597. The molecule has 6 nitrogen and oxygen atoms in total. The van der Waals surface area contributed by atoms with E-state index >= 15 is 0 Å². The number of hydrogen-bond acceptors (Lipinski definition) is 4. The number of nitrogens with zero attached hydrogens (tertiary/aromatic N) is 1. The lowest BCUT2D eigenvalue weighted by molar-refractivity contribution is 0.0983. The largest absolute Gasteiger partial charge is 0.390 e. The van der Waals surface area contributed by atoms with Gasteiger partial charge in [-0.15, -0.1) is 0 Å². The predicted molar refractivity (Wildman–Crippen MR) is 85.0 cm³/mol. The van der Waals surface area contributed by atoms with Crippen LogP contribution in [0.3, 0.4) is 0 Å². The highest BCUT2D eigenvalue weighted by Crippen LogP contribution is 2.27. The van der Waals surface area contributed by atoms with Gasteiger partial charge >= 0.3 is 0 Å². The number of nitrogens with two attached hydrogens (primary N) is 1. The summed E-state index contributed by atoms with van der Waals surface area (Å²) >= 11 is 0. The second-order valence-corrected chi connectivity index (χ2v) is 8.17. The third-order valence-corrected chi connectivity index (χ3v) is 6.04. The van der Waals surface area contributed by atoms with Gasteiger partial charge in [0.1, 0.15) is 0 Å². The van der Waals surface area contributed by atoms with Crippen LogP contribution in [0, 0.1) is 5.92 Å². The van der Waals surface area contributed by atoms with Crippen LogP contribution in [0.15, 0.2) is 0 Å². The van der Waals surface area contributed by atoms with E-state index in [4.69, 9.17) is 5.73 Å². The highest BCUT2D eigenvalue weighted by molar-refractivity contribution is 7.87. The first-order chi connectivity index (χ1) is 9.77. The number of rotatable bonds is 8. The molecule has 0 heterocycles. The smallest absolute Gasteiger partial charge is 0.279 e. The second kappa shape index (κ2) is 8.43. The van der Waals surface area contributed by atoms with Crippen LogP contribution in [0.25, 0.3) is 0 Å². The molecular formula is C14H31N3O3S. The molecule has 1 fully saturated rings. The van der Waals surface area contributed by atoms with Gasteiger partial charge < -0.3 is 10.8 Å². The van der Waals surface area contributed by atoms with Crippen molar-refractivity contribution in [3.63, 3.8) is 0 Å². The minimum Gasteiger partial charge on any atom is -0.390 e. The first-order valence-corrected chi connectivity index (χ1v) is 9.36. The zero-order valence-electron chi connectivity index (χ0n) is 13.5. The number of aliphatic hydroxyl groups excluding tert-OH is 1. The Labute approximate surface area is 129 Å². The quantitative estimate of drug-likeness (QED) is 0.617. The molecule has 0 bridgehead atoms. The average Bonchev–Trinajstić information content (AvgIpc) is 2.44. The molecule has 0 radical (unpaired) electrons. The molecule has 0 aliphatic heterocycles. The Balaban J connectivity index is 2.57. The van der Waals surface area contributed by atoms with E-state index in [-0.39, 0.29) is 18.6 Å². The Morgan fingerprint density at radius 2 is 1.86 bits per heavy atom. The van der Waals surface area contributed by atoms with E-state index in [9.17, 15) is 13.5 Å². The molecule has 0 saturated heterocycles.